The van der Waals surface area contributed by atoms with Crippen LogP contribution in [0.5, 0.6) is 0 Å². The highest BCUT2D eigenvalue weighted by molar-refractivity contribution is 6.30. The first kappa shape index (κ1) is 29.5. The van der Waals surface area contributed by atoms with Crippen LogP contribution >= 0.6 is 11.6 Å². The molecule has 0 aliphatic carbocycles. The second-order valence-corrected chi connectivity index (χ2v) is 11.3. The largest absolute Gasteiger partial charge is 0.416 e. The summed E-state index contributed by atoms with van der Waals surface area (Å²) >= 11 is 6.09. The first-order valence-electron chi connectivity index (χ1n) is 14.3. The predicted octanol–water partition coefficient (Wildman–Crippen LogP) is 9.26. The van der Waals surface area contributed by atoms with Crippen LogP contribution in [0, 0.1) is 0 Å². The Bertz CT molecular complexity index is 1740. The molecule has 1 aliphatic heterocycles. The molecule has 0 unspecified atom stereocenters. The number of aromatic nitrogens is 1. The maximum absolute atomic E-state index is 13.8. The van der Waals surface area contributed by atoms with Crippen LogP contribution < -0.4 is 10.2 Å². The van der Waals surface area contributed by atoms with E-state index in [0.717, 1.165) is 28.3 Å². The monoisotopic (exact) mass is 611 g/mol. The molecule has 0 atom stereocenters. The molecule has 44 heavy (non-hydrogen) atoms. The Morgan fingerprint density at radius 2 is 1.57 bits per heavy atom. The van der Waals surface area contributed by atoms with E-state index in [2.05, 4.69) is 10.3 Å². The zero-order chi connectivity index (χ0) is 30.7. The van der Waals surface area contributed by atoms with E-state index in [-0.39, 0.29) is 28.8 Å². The van der Waals surface area contributed by atoms with Crippen LogP contribution in [0.4, 0.5) is 24.7 Å². The summed E-state index contributed by atoms with van der Waals surface area (Å²) in [7, 11) is 0. The van der Waals surface area contributed by atoms with Crippen LogP contribution in [0.25, 0.3) is 11.1 Å². The number of rotatable bonds is 8. The lowest BCUT2D eigenvalue weighted by atomic mass is 9.85. The third kappa shape index (κ3) is 6.48. The quantitative estimate of drug-likeness (QED) is 0.178. The van der Waals surface area contributed by atoms with Gasteiger partial charge in [-0.25, -0.2) is 4.98 Å². The maximum atomic E-state index is 13.8. The second-order valence-electron chi connectivity index (χ2n) is 10.8. The maximum Gasteiger partial charge on any atom is 0.416 e. The molecular weight excluding hydrogens is 583 g/mol. The number of halogens is 4. The van der Waals surface area contributed by atoms with Crippen molar-refractivity contribution in [2.24, 2.45) is 0 Å². The van der Waals surface area contributed by atoms with E-state index in [0.29, 0.717) is 36.6 Å². The van der Waals surface area contributed by atoms with E-state index >= 15 is 0 Å². The number of carbonyl (C=O) groups excluding carboxylic acids is 1. The third-order valence-corrected chi connectivity index (χ3v) is 8.16. The average Bonchev–Trinajstić information content (AvgIpc) is 3.04. The summed E-state index contributed by atoms with van der Waals surface area (Å²) in [5, 5.41) is 3.49. The summed E-state index contributed by atoms with van der Waals surface area (Å²) in [6, 6.07) is 33.0. The molecule has 1 aliphatic rings. The number of nitrogens with zero attached hydrogens (tertiary/aromatic N) is 2. The molecular formula is C36H29ClF3N3O. The first-order chi connectivity index (χ1) is 21.3. The van der Waals surface area contributed by atoms with Crippen molar-refractivity contribution in [1.82, 2.24) is 4.98 Å². The van der Waals surface area contributed by atoms with Crippen molar-refractivity contribution in [2.75, 3.05) is 23.3 Å². The van der Waals surface area contributed by atoms with Gasteiger partial charge in [-0.15, -0.1) is 0 Å². The van der Waals surface area contributed by atoms with Crippen molar-refractivity contribution < 1.29 is 18.0 Å². The highest BCUT2D eigenvalue weighted by atomic mass is 35.5. The van der Waals surface area contributed by atoms with Crippen LogP contribution in [-0.2, 0) is 12.7 Å². The molecule has 6 rings (SSSR count). The lowest BCUT2D eigenvalue weighted by Gasteiger charge is -2.32. The van der Waals surface area contributed by atoms with Gasteiger partial charge in [0.1, 0.15) is 5.82 Å². The van der Waals surface area contributed by atoms with E-state index < -0.39 is 11.7 Å². The molecule has 0 amide bonds. The molecule has 1 N–H and O–H groups in total. The smallest absolute Gasteiger partial charge is 0.367 e. The number of fused-ring (bicyclic) bond motifs is 1. The molecule has 0 radical (unpaired) electrons. The van der Waals surface area contributed by atoms with E-state index in [1.54, 1.807) is 6.20 Å². The van der Waals surface area contributed by atoms with Crippen molar-refractivity contribution in [3.63, 3.8) is 0 Å². The van der Waals surface area contributed by atoms with Gasteiger partial charge in [0.05, 0.1) is 11.3 Å². The minimum absolute atomic E-state index is 0.0133. The summed E-state index contributed by atoms with van der Waals surface area (Å²) in [4.78, 5) is 20.1. The molecule has 0 saturated heterocycles. The molecule has 0 saturated carbocycles. The number of hydrogen-bond acceptors (Lipinski definition) is 4. The van der Waals surface area contributed by atoms with Gasteiger partial charge in [-0.1, -0.05) is 90.5 Å². The summed E-state index contributed by atoms with van der Waals surface area (Å²) in [6.07, 6.45) is -2.47. The number of pyridine rings is 1. The number of carbonyl (C=O) groups is 1. The van der Waals surface area contributed by atoms with Crippen molar-refractivity contribution in [3.8, 4) is 11.1 Å². The minimum atomic E-state index is -4.50. The summed E-state index contributed by atoms with van der Waals surface area (Å²) < 4.78 is 41.3. The molecule has 4 nitrogen and oxygen atoms in total. The fraction of sp³-hybridized carbons (Fsp3) is 0.167. The number of benzene rings is 4. The van der Waals surface area contributed by atoms with E-state index in [4.69, 9.17) is 11.6 Å². The van der Waals surface area contributed by atoms with E-state index in [1.165, 1.54) is 12.1 Å². The Kier molecular flexibility index (Phi) is 8.40. The minimum Gasteiger partial charge on any atom is -0.367 e. The van der Waals surface area contributed by atoms with Crippen molar-refractivity contribution in [3.05, 3.63) is 148 Å². The number of anilines is 2. The third-order valence-electron chi connectivity index (χ3n) is 7.93. The van der Waals surface area contributed by atoms with Gasteiger partial charge in [0.15, 0.2) is 5.78 Å². The van der Waals surface area contributed by atoms with Gasteiger partial charge < -0.3 is 10.2 Å². The SMILES string of the molecule is O=C(CC(c1ccccc1)c1ccccc1)c1cccc(-c2cnc3c(c2)N(Cc2cc(Cl)ccc2C(F)(F)F)CCN3)c1. The van der Waals surface area contributed by atoms with Gasteiger partial charge in [0.25, 0.3) is 0 Å². The van der Waals surface area contributed by atoms with Crippen LogP contribution in [0.2, 0.25) is 5.02 Å². The average molecular weight is 612 g/mol. The highest BCUT2D eigenvalue weighted by Crippen LogP contribution is 2.37. The van der Waals surface area contributed by atoms with Gasteiger partial charge in [-0.05, 0) is 52.6 Å². The summed E-state index contributed by atoms with van der Waals surface area (Å²) in [5.41, 5.74) is 4.37. The fourth-order valence-electron chi connectivity index (χ4n) is 5.73. The number of nitrogens with one attached hydrogen (secondary N) is 1. The molecule has 4 aromatic carbocycles. The van der Waals surface area contributed by atoms with Gasteiger partial charge in [0, 0.05) is 54.3 Å². The zero-order valence-corrected chi connectivity index (χ0v) is 24.4. The molecule has 0 spiro atoms. The molecule has 5 aromatic rings. The molecule has 222 valence electrons. The van der Waals surface area contributed by atoms with Crippen LogP contribution in [0.3, 0.4) is 0 Å². The molecule has 8 heteroatoms. The molecule has 1 aromatic heterocycles. The number of hydrogen-bond donors (Lipinski definition) is 1. The Labute approximate surface area is 259 Å². The lowest BCUT2D eigenvalue weighted by molar-refractivity contribution is -0.138. The summed E-state index contributed by atoms with van der Waals surface area (Å²) in [6.45, 7) is 1.05. The van der Waals surface area contributed by atoms with Crippen LogP contribution in [0.15, 0.2) is 115 Å². The number of Topliss-reactive ketones (excluding diaryl/α,β-unsaturated/α-hetero) is 1. The van der Waals surface area contributed by atoms with Gasteiger partial charge in [-0.2, -0.15) is 13.2 Å². The standard InChI is InChI=1S/C36H29ClF3N3O/c37-30-14-15-32(36(38,39)40)29(19-30)23-43-17-16-41-35-33(43)20-28(22-42-35)26-12-7-13-27(18-26)34(44)21-31(24-8-3-1-4-9-24)25-10-5-2-6-11-25/h1-15,18-20,22,31H,16-17,21,23H2,(H,41,42). The second kappa shape index (κ2) is 12.5. The Morgan fingerprint density at radius 1 is 0.864 bits per heavy atom. The Hall–Kier alpha value is -4.62. The van der Waals surface area contributed by atoms with Crippen molar-refractivity contribution in [1.29, 1.82) is 0 Å². The fourth-order valence-corrected chi connectivity index (χ4v) is 5.93. The first-order valence-corrected chi connectivity index (χ1v) is 14.7. The van der Waals surface area contributed by atoms with Crippen molar-refractivity contribution >= 4 is 28.9 Å². The molecule has 2 heterocycles. The molecule has 0 bridgehead atoms. The Balaban J connectivity index is 1.28. The number of alkyl halides is 3. The van der Waals surface area contributed by atoms with E-state index in [9.17, 15) is 18.0 Å². The summed E-state index contributed by atoms with van der Waals surface area (Å²) in [5.74, 6) is 0.516. The van der Waals surface area contributed by atoms with E-state index in [1.807, 2.05) is 95.9 Å². The van der Waals surface area contributed by atoms with Gasteiger partial charge >= 0.3 is 6.18 Å². The van der Waals surface area contributed by atoms with Crippen LogP contribution in [0.1, 0.15) is 45.0 Å². The topological polar surface area (TPSA) is 45.2 Å². The number of ketones is 1. The predicted molar refractivity (Wildman–Crippen MR) is 169 cm³/mol. The van der Waals surface area contributed by atoms with Crippen LogP contribution in [-0.4, -0.2) is 23.9 Å². The highest BCUT2D eigenvalue weighted by Gasteiger charge is 2.34. The lowest BCUT2D eigenvalue weighted by Crippen LogP contribution is -2.34. The van der Waals surface area contributed by atoms with Gasteiger partial charge in [-0.3, -0.25) is 4.79 Å². The normalized spacial score (nSPS) is 13.0. The Morgan fingerprint density at radius 3 is 2.25 bits per heavy atom. The zero-order valence-electron chi connectivity index (χ0n) is 23.7. The van der Waals surface area contributed by atoms with Crippen molar-refractivity contribution in [2.45, 2.75) is 25.1 Å². The molecule has 0 fully saturated rings. The van der Waals surface area contributed by atoms with Gasteiger partial charge in [0.2, 0.25) is 0 Å².